The van der Waals surface area contributed by atoms with Crippen molar-refractivity contribution >= 4 is 18.1 Å². The molecule has 0 aromatic rings. The topological polar surface area (TPSA) is 72.9 Å². The molecular formula is C16H27NO5. The fraction of sp³-hybridized carbons (Fsp3) is 0.688. The SMILES string of the molecule is CCOC(=O)N(C(=O)CC(C)CCC=C(C)C)C(=O)OCC. The van der Waals surface area contributed by atoms with Crippen molar-refractivity contribution in [3.63, 3.8) is 0 Å². The first kappa shape index (κ1) is 20.1. The van der Waals surface area contributed by atoms with Gasteiger partial charge in [-0.05, 0) is 46.5 Å². The van der Waals surface area contributed by atoms with Gasteiger partial charge in [-0.3, -0.25) is 4.79 Å². The van der Waals surface area contributed by atoms with Crippen LogP contribution in [0.25, 0.3) is 0 Å². The number of hydrogen-bond donors (Lipinski definition) is 0. The van der Waals surface area contributed by atoms with E-state index < -0.39 is 18.1 Å². The largest absolute Gasteiger partial charge is 0.449 e. The Bertz CT molecular complexity index is 395. The van der Waals surface area contributed by atoms with Crippen LogP contribution in [0.15, 0.2) is 11.6 Å². The van der Waals surface area contributed by atoms with Crippen LogP contribution in [0.4, 0.5) is 9.59 Å². The Balaban J connectivity index is 4.71. The molecule has 6 heteroatoms. The van der Waals surface area contributed by atoms with Crippen molar-refractivity contribution in [3.05, 3.63) is 11.6 Å². The summed E-state index contributed by atoms with van der Waals surface area (Å²) in [7, 11) is 0. The molecule has 6 nitrogen and oxygen atoms in total. The molecule has 22 heavy (non-hydrogen) atoms. The minimum atomic E-state index is -0.984. The van der Waals surface area contributed by atoms with Gasteiger partial charge in [0, 0.05) is 6.42 Å². The summed E-state index contributed by atoms with van der Waals surface area (Å²) < 4.78 is 9.49. The summed E-state index contributed by atoms with van der Waals surface area (Å²) in [5.41, 5.74) is 1.22. The molecule has 0 heterocycles. The molecule has 1 atom stereocenters. The highest BCUT2D eigenvalue weighted by Crippen LogP contribution is 2.15. The smallest absolute Gasteiger partial charge is 0.426 e. The summed E-state index contributed by atoms with van der Waals surface area (Å²) >= 11 is 0. The van der Waals surface area contributed by atoms with E-state index >= 15 is 0 Å². The normalized spacial score (nSPS) is 11.3. The molecule has 0 aromatic heterocycles. The van der Waals surface area contributed by atoms with Gasteiger partial charge in [0.1, 0.15) is 0 Å². The second kappa shape index (κ2) is 10.8. The highest BCUT2D eigenvalue weighted by atomic mass is 16.6. The van der Waals surface area contributed by atoms with Gasteiger partial charge in [0.2, 0.25) is 5.91 Å². The molecule has 0 aromatic carbocycles. The zero-order chi connectivity index (χ0) is 17.1. The Morgan fingerprint density at radius 2 is 1.55 bits per heavy atom. The number of carbonyl (C=O) groups excluding carboxylic acids is 3. The number of rotatable bonds is 7. The third-order valence-corrected chi connectivity index (χ3v) is 2.89. The molecule has 0 fully saturated rings. The van der Waals surface area contributed by atoms with Crippen molar-refractivity contribution in [3.8, 4) is 0 Å². The van der Waals surface area contributed by atoms with Crippen molar-refractivity contribution < 1.29 is 23.9 Å². The van der Waals surface area contributed by atoms with E-state index in [-0.39, 0.29) is 25.6 Å². The van der Waals surface area contributed by atoms with E-state index in [1.54, 1.807) is 13.8 Å². The first-order chi connectivity index (χ1) is 10.3. The Hall–Kier alpha value is -1.85. The van der Waals surface area contributed by atoms with Crippen molar-refractivity contribution in [1.29, 1.82) is 0 Å². The summed E-state index contributed by atoms with van der Waals surface area (Å²) in [5.74, 6) is -0.545. The standard InChI is InChI=1S/C16H27NO5/c1-6-21-15(19)17(16(20)22-7-2)14(18)11-13(5)10-8-9-12(3)4/h9,13H,6-8,10-11H2,1-5H3. The first-order valence-corrected chi connectivity index (χ1v) is 7.63. The molecule has 0 aliphatic rings. The van der Waals surface area contributed by atoms with Gasteiger partial charge in [0.25, 0.3) is 0 Å². The monoisotopic (exact) mass is 313 g/mol. The van der Waals surface area contributed by atoms with Gasteiger partial charge >= 0.3 is 12.2 Å². The van der Waals surface area contributed by atoms with E-state index in [9.17, 15) is 14.4 Å². The Kier molecular flexibility index (Phi) is 9.91. The summed E-state index contributed by atoms with van der Waals surface area (Å²) in [6, 6.07) is 0. The van der Waals surface area contributed by atoms with Crippen LogP contribution in [-0.2, 0) is 14.3 Å². The van der Waals surface area contributed by atoms with Crippen LogP contribution in [0, 0.1) is 5.92 Å². The van der Waals surface area contributed by atoms with Crippen LogP contribution < -0.4 is 0 Å². The minimum absolute atomic E-state index is 0.0504. The molecule has 0 saturated heterocycles. The molecule has 0 spiro atoms. The van der Waals surface area contributed by atoms with Gasteiger partial charge in [-0.15, -0.1) is 4.90 Å². The lowest BCUT2D eigenvalue weighted by molar-refractivity contribution is -0.128. The van der Waals surface area contributed by atoms with E-state index in [0.29, 0.717) is 4.90 Å². The molecule has 1 unspecified atom stereocenters. The van der Waals surface area contributed by atoms with Gasteiger partial charge in [-0.2, -0.15) is 0 Å². The number of imide groups is 3. The van der Waals surface area contributed by atoms with Gasteiger partial charge < -0.3 is 9.47 Å². The highest BCUT2D eigenvalue weighted by Gasteiger charge is 2.31. The van der Waals surface area contributed by atoms with Crippen molar-refractivity contribution in [2.75, 3.05) is 13.2 Å². The van der Waals surface area contributed by atoms with Gasteiger partial charge in [0.05, 0.1) is 13.2 Å². The van der Waals surface area contributed by atoms with Crippen molar-refractivity contribution in [2.45, 2.75) is 53.9 Å². The van der Waals surface area contributed by atoms with Crippen LogP contribution in [0.1, 0.15) is 53.9 Å². The lowest BCUT2D eigenvalue weighted by Gasteiger charge is -2.19. The van der Waals surface area contributed by atoms with Crippen LogP contribution >= 0.6 is 0 Å². The average molecular weight is 313 g/mol. The number of nitrogens with zero attached hydrogens (tertiary/aromatic N) is 1. The Labute approximate surface area is 132 Å². The van der Waals surface area contributed by atoms with E-state index in [2.05, 4.69) is 6.08 Å². The van der Waals surface area contributed by atoms with Gasteiger partial charge in [-0.25, -0.2) is 9.59 Å². The minimum Gasteiger partial charge on any atom is -0.449 e. The van der Waals surface area contributed by atoms with E-state index in [1.807, 2.05) is 20.8 Å². The Morgan fingerprint density at radius 3 is 1.95 bits per heavy atom. The average Bonchev–Trinajstić information content (AvgIpc) is 2.38. The van der Waals surface area contributed by atoms with E-state index in [0.717, 1.165) is 12.8 Å². The number of ether oxygens (including phenoxy) is 2. The Morgan fingerprint density at radius 1 is 1.05 bits per heavy atom. The quantitative estimate of drug-likeness (QED) is 0.666. The molecule has 0 saturated carbocycles. The molecule has 0 radical (unpaired) electrons. The maximum absolute atomic E-state index is 12.2. The fourth-order valence-corrected chi connectivity index (χ4v) is 1.80. The fourth-order valence-electron chi connectivity index (χ4n) is 1.80. The van der Waals surface area contributed by atoms with Crippen molar-refractivity contribution in [2.24, 2.45) is 5.92 Å². The second-order valence-corrected chi connectivity index (χ2v) is 5.30. The molecule has 3 amide bonds. The lowest BCUT2D eigenvalue weighted by atomic mass is 10.0. The number of carbonyl (C=O) groups is 3. The first-order valence-electron chi connectivity index (χ1n) is 7.63. The maximum atomic E-state index is 12.2. The number of hydrogen-bond acceptors (Lipinski definition) is 5. The van der Waals surface area contributed by atoms with Crippen LogP contribution in [0.5, 0.6) is 0 Å². The van der Waals surface area contributed by atoms with Crippen LogP contribution in [-0.4, -0.2) is 36.2 Å². The van der Waals surface area contributed by atoms with E-state index in [4.69, 9.17) is 9.47 Å². The molecule has 0 rings (SSSR count). The molecule has 126 valence electrons. The summed E-state index contributed by atoms with van der Waals surface area (Å²) in [4.78, 5) is 36.2. The highest BCUT2D eigenvalue weighted by molar-refractivity contribution is 6.06. The summed E-state index contributed by atoms with van der Waals surface area (Å²) in [6.45, 7) is 9.31. The summed E-state index contributed by atoms with van der Waals surface area (Å²) in [5, 5.41) is 0. The third-order valence-electron chi connectivity index (χ3n) is 2.89. The van der Waals surface area contributed by atoms with Gasteiger partial charge in [0.15, 0.2) is 0 Å². The van der Waals surface area contributed by atoms with Crippen molar-refractivity contribution in [1.82, 2.24) is 4.90 Å². The molecular weight excluding hydrogens is 286 g/mol. The zero-order valence-electron chi connectivity index (χ0n) is 14.2. The molecule has 0 N–H and O–H groups in total. The predicted octanol–water partition coefficient (Wildman–Crippen LogP) is 3.90. The summed E-state index contributed by atoms with van der Waals surface area (Å²) in [6.07, 6.45) is 1.88. The zero-order valence-corrected chi connectivity index (χ0v) is 14.2. The van der Waals surface area contributed by atoms with Crippen LogP contribution in [0.3, 0.4) is 0 Å². The molecule has 0 aliphatic heterocycles. The second-order valence-electron chi connectivity index (χ2n) is 5.30. The molecule has 0 aliphatic carbocycles. The van der Waals surface area contributed by atoms with Gasteiger partial charge in [-0.1, -0.05) is 18.6 Å². The maximum Gasteiger partial charge on any atom is 0.426 e. The predicted molar refractivity (Wildman–Crippen MR) is 83.3 cm³/mol. The van der Waals surface area contributed by atoms with E-state index in [1.165, 1.54) is 5.57 Å². The number of amides is 3. The number of allylic oxidation sites excluding steroid dienone is 2. The third kappa shape index (κ3) is 7.81. The van der Waals surface area contributed by atoms with Crippen LogP contribution in [0.2, 0.25) is 0 Å². The molecule has 0 bridgehead atoms. The lowest BCUT2D eigenvalue weighted by Crippen LogP contribution is -2.43.